The van der Waals surface area contributed by atoms with Crippen LogP contribution in [-0.2, 0) is 4.74 Å². The number of H-pyrrole nitrogens is 1. The number of nitrogens with zero attached hydrogens (tertiary/aromatic N) is 2. The van der Waals surface area contributed by atoms with Gasteiger partial charge in [0.15, 0.2) is 0 Å². The van der Waals surface area contributed by atoms with Gasteiger partial charge in [-0.15, -0.1) is 0 Å². The average molecular weight is 325 g/mol. The Balaban J connectivity index is 1.71. The molecule has 0 bridgehead atoms. The van der Waals surface area contributed by atoms with Crippen LogP contribution in [0.25, 0.3) is 11.3 Å². The number of nitriles is 1. The summed E-state index contributed by atoms with van der Waals surface area (Å²) in [6.45, 7) is 5.85. The third-order valence-corrected chi connectivity index (χ3v) is 4.21. The van der Waals surface area contributed by atoms with Gasteiger partial charge in [-0.3, -0.25) is 0 Å². The Morgan fingerprint density at radius 3 is 2.58 bits per heavy atom. The van der Waals surface area contributed by atoms with E-state index >= 15 is 0 Å². The minimum Gasteiger partial charge on any atom is -0.491 e. The van der Waals surface area contributed by atoms with Crippen molar-refractivity contribution in [1.29, 1.82) is 5.26 Å². The van der Waals surface area contributed by atoms with Gasteiger partial charge in [-0.25, -0.2) is 0 Å². The molecule has 1 saturated heterocycles. The monoisotopic (exact) mass is 325 g/mol. The minimum absolute atomic E-state index is 0.549. The molecular formula is C19H23N3O2. The van der Waals surface area contributed by atoms with E-state index in [1.54, 1.807) is 0 Å². The molecule has 0 unspecified atom stereocenters. The first-order valence-electron chi connectivity index (χ1n) is 8.51. The lowest BCUT2D eigenvalue weighted by molar-refractivity contribution is 0.110. The molecule has 24 heavy (non-hydrogen) atoms. The molecule has 126 valence electrons. The Labute approximate surface area is 142 Å². The number of nitrogens with one attached hydrogen (secondary N) is 1. The van der Waals surface area contributed by atoms with E-state index in [-0.39, 0.29) is 0 Å². The van der Waals surface area contributed by atoms with Crippen LogP contribution < -0.4 is 9.64 Å². The van der Waals surface area contributed by atoms with Crippen LogP contribution in [0.4, 0.5) is 5.82 Å². The molecule has 0 amide bonds. The topological polar surface area (TPSA) is 61.3 Å². The van der Waals surface area contributed by atoms with E-state index in [0.29, 0.717) is 25.4 Å². The Bertz CT molecular complexity index is 694. The van der Waals surface area contributed by atoms with E-state index in [1.807, 2.05) is 37.3 Å². The second-order valence-electron chi connectivity index (χ2n) is 5.82. The number of rotatable bonds is 7. The lowest BCUT2D eigenvalue weighted by Crippen LogP contribution is -2.18. The fourth-order valence-electron chi connectivity index (χ4n) is 2.97. The zero-order chi connectivity index (χ0) is 16.8. The zero-order valence-corrected chi connectivity index (χ0v) is 14.0. The molecule has 1 N–H and O–H groups in total. The Kier molecular flexibility index (Phi) is 5.39. The first-order valence-corrected chi connectivity index (χ1v) is 8.51. The van der Waals surface area contributed by atoms with Gasteiger partial charge in [0.1, 0.15) is 24.2 Å². The van der Waals surface area contributed by atoms with Crippen LogP contribution >= 0.6 is 0 Å². The molecule has 2 aromatic rings. The molecule has 3 rings (SSSR count). The molecule has 1 aromatic carbocycles. The predicted octanol–water partition coefficient (Wildman–Crippen LogP) is 3.57. The maximum absolute atomic E-state index is 9.40. The Hall–Kier alpha value is -2.45. The molecule has 1 fully saturated rings. The number of aromatic nitrogens is 1. The second kappa shape index (κ2) is 7.89. The van der Waals surface area contributed by atoms with Gasteiger partial charge >= 0.3 is 0 Å². The van der Waals surface area contributed by atoms with Gasteiger partial charge < -0.3 is 19.4 Å². The summed E-state index contributed by atoms with van der Waals surface area (Å²) in [6.07, 6.45) is 2.38. The SMILES string of the molecule is CCOCCOc1ccc(-c2cc(C#N)c(N3CCCC3)[nH]2)cc1. The van der Waals surface area contributed by atoms with Gasteiger partial charge in [0.2, 0.25) is 0 Å². The number of hydrogen-bond acceptors (Lipinski definition) is 4. The largest absolute Gasteiger partial charge is 0.491 e. The number of benzene rings is 1. The van der Waals surface area contributed by atoms with Crippen molar-refractivity contribution in [2.24, 2.45) is 0 Å². The smallest absolute Gasteiger partial charge is 0.124 e. The van der Waals surface area contributed by atoms with Crippen molar-refractivity contribution in [3.63, 3.8) is 0 Å². The molecule has 1 aromatic heterocycles. The van der Waals surface area contributed by atoms with Crippen molar-refractivity contribution in [3.05, 3.63) is 35.9 Å². The highest BCUT2D eigenvalue weighted by atomic mass is 16.5. The lowest BCUT2D eigenvalue weighted by Gasteiger charge is -2.15. The molecule has 5 nitrogen and oxygen atoms in total. The molecule has 1 aliphatic rings. The van der Waals surface area contributed by atoms with E-state index in [0.717, 1.165) is 35.9 Å². The van der Waals surface area contributed by atoms with E-state index in [4.69, 9.17) is 9.47 Å². The fourth-order valence-corrected chi connectivity index (χ4v) is 2.97. The third-order valence-electron chi connectivity index (χ3n) is 4.21. The third kappa shape index (κ3) is 3.72. The van der Waals surface area contributed by atoms with Gasteiger partial charge in [-0.05, 0) is 55.7 Å². The maximum atomic E-state index is 9.40. The van der Waals surface area contributed by atoms with Crippen molar-refractivity contribution in [1.82, 2.24) is 4.98 Å². The molecule has 1 aliphatic heterocycles. The van der Waals surface area contributed by atoms with Gasteiger partial charge in [-0.1, -0.05) is 0 Å². The summed E-state index contributed by atoms with van der Waals surface area (Å²) in [7, 11) is 0. The molecule has 0 atom stereocenters. The van der Waals surface area contributed by atoms with E-state index in [9.17, 15) is 5.26 Å². The fraction of sp³-hybridized carbons (Fsp3) is 0.421. The van der Waals surface area contributed by atoms with Crippen LogP contribution in [0.15, 0.2) is 30.3 Å². The van der Waals surface area contributed by atoms with Crippen LogP contribution in [0, 0.1) is 11.3 Å². The summed E-state index contributed by atoms with van der Waals surface area (Å²) in [5.74, 6) is 1.77. The van der Waals surface area contributed by atoms with Crippen LogP contribution in [0.5, 0.6) is 5.75 Å². The molecule has 0 aliphatic carbocycles. The molecule has 0 saturated carbocycles. The summed E-state index contributed by atoms with van der Waals surface area (Å²) in [6, 6.07) is 12.1. The highest BCUT2D eigenvalue weighted by Crippen LogP contribution is 2.30. The molecule has 2 heterocycles. The van der Waals surface area contributed by atoms with E-state index in [1.165, 1.54) is 12.8 Å². The molecule has 0 spiro atoms. The number of hydrogen-bond donors (Lipinski definition) is 1. The van der Waals surface area contributed by atoms with Crippen molar-refractivity contribution in [2.75, 3.05) is 37.8 Å². The molecule has 0 radical (unpaired) electrons. The predicted molar refractivity (Wildman–Crippen MR) is 94.4 cm³/mol. The summed E-state index contributed by atoms with van der Waals surface area (Å²) < 4.78 is 10.9. The summed E-state index contributed by atoms with van der Waals surface area (Å²) in [5.41, 5.74) is 2.73. The lowest BCUT2D eigenvalue weighted by atomic mass is 10.1. The quantitative estimate of drug-likeness (QED) is 0.791. The van der Waals surface area contributed by atoms with Gasteiger partial charge in [0, 0.05) is 25.4 Å². The van der Waals surface area contributed by atoms with Crippen LogP contribution in [-0.4, -0.2) is 37.9 Å². The van der Waals surface area contributed by atoms with Crippen LogP contribution in [0.3, 0.4) is 0 Å². The zero-order valence-electron chi connectivity index (χ0n) is 14.0. The van der Waals surface area contributed by atoms with Gasteiger partial charge in [0.25, 0.3) is 0 Å². The number of aromatic amines is 1. The molecule has 5 heteroatoms. The second-order valence-corrected chi connectivity index (χ2v) is 5.82. The first-order chi connectivity index (χ1) is 11.8. The Morgan fingerprint density at radius 2 is 1.92 bits per heavy atom. The minimum atomic E-state index is 0.549. The van der Waals surface area contributed by atoms with Crippen molar-refractivity contribution >= 4 is 5.82 Å². The van der Waals surface area contributed by atoms with Gasteiger partial charge in [-0.2, -0.15) is 5.26 Å². The standard InChI is InChI=1S/C19H23N3O2/c1-2-23-11-12-24-17-7-5-15(6-8-17)18-13-16(14-20)19(21-18)22-9-3-4-10-22/h5-8,13,21H,2-4,9-12H2,1H3. The highest BCUT2D eigenvalue weighted by Gasteiger charge is 2.19. The first kappa shape index (κ1) is 16.4. The normalized spacial score (nSPS) is 13.9. The van der Waals surface area contributed by atoms with Crippen LogP contribution in [0.1, 0.15) is 25.3 Å². The maximum Gasteiger partial charge on any atom is 0.124 e. The molecular weight excluding hydrogens is 302 g/mol. The summed E-state index contributed by atoms with van der Waals surface area (Å²) >= 11 is 0. The van der Waals surface area contributed by atoms with Gasteiger partial charge in [0.05, 0.1) is 12.2 Å². The highest BCUT2D eigenvalue weighted by molar-refractivity contribution is 5.70. The van der Waals surface area contributed by atoms with Crippen molar-refractivity contribution in [3.8, 4) is 23.1 Å². The Morgan fingerprint density at radius 1 is 1.17 bits per heavy atom. The van der Waals surface area contributed by atoms with E-state index in [2.05, 4.69) is 16.0 Å². The van der Waals surface area contributed by atoms with Crippen molar-refractivity contribution < 1.29 is 9.47 Å². The van der Waals surface area contributed by atoms with E-state index < -0.39 is 0 Å². The van der Waals surface area contributed by atoms with Crippen LogP contribution in [0.2, 0.25) is 0 Å². The average Bonchev–Trinajstić information content (AvgIpc) is 3.28. The number of ether oxygens (including phenoxy) is 2. The summed E-state index contributed by atoms with van der Waals surface area (Å²) in [5, 5.41) is 9.40. The summed E-state index contributed by atoms with van der Waals surface area (Å²) in [4.78, 5) is 5.67. The number of anilines is 1. The van der Waals surface area contributed by atoms with Crippen molar-refractivity contribution in [2.45, 2.75) is 19.8 Å².